The van der Waals surface area contributed by atoms with Gasteiger partial charge in [-0.3, -0.25) is 9.78 Å². The van der Waals surface area contributed by atoms with Gasteiger partial charge in [0.05, 0.1) is 18.1 Å². The van der Waals surface area contributed by atoms with Gasteiger partial charge < -0.3 is 15.1 Å². The number of nitrogens with zero attached hydrogens (tertiary/aromatic N) is 5. The molecular formula is C23H30N6O. The summed E-state index contributed by atoms with van der Waals surface area (Å²) in [5, 5.41) is 3.36. The van der Waals surface area contributed by atoms with Crippen molar-refractivity contribution in [3.63, 3.8) is 0 Å². The smallest absolute Gasteiger partial charge is 0.219 e. The van der Waals surface area contributed by atoms with E-state index in [4.69, 9.17) is 4.98 Å². The quantitative estimate of drug-likeness (QED) is 0.838. The normalized spacial score (nSPS) is 23.8. The molecule has 1 saturated carbocycles. The van der Waals surface area contributed by atoms with E-state index in [1.54, 1.807) is 19.3 Å². The van der Waals surface area contributed by atoms with Gasteiger partial charge in [-0.1, -0.05) is 0 Å². The number of aromatic nitrogens is 3. The summed E-state index contributed by atoms with van der Waals surface area (Å²) in [5.41, 5.74) is 2.21. The van der Waals surface area contributed by atoms with Crippen LogP contribution in [0.15, 0.2) is 24.5 Å². The minimum Gasteiger partial charge on any atom is -0.356 e. The molecule has 0 aromatic carbocycles. The van der Waals surface area contributed by atoms with E-state index in [-0.39, 0.29) is 5.91 Å². The highest BCUT2D eigenvalue weighted by atomic mass is 16.2. The fourth-order valence-electron chi connectivity index (χ4n) is 5.17. The van der Waals surface area contributed by atoms with Crippen LogP contribution >= 0.6 is 0 Å². The number of amides is 1. The SMILES string of the molecule is CC(=O)N1CCC(c2cc(Nc3cnc(C)cn3)nc(N3CC4CC(C4)C3)c2)CC1. The van der Waals surface area contributed by atoms with Crippen LogP contribution in [-0.4, -0.2) is 51.9 Å². The number of carbonyl (C=O) groups is 1. The molecular weight excluding hydrogens is 376 g/mol. The number of hydrogen-bond donors (Lipinski definition) is 1. The highest BCUT2D eigenvalue weighted by Crippen LogP contribution is 2.41. The van der Waals surface area contributed by atoms with Gasteiger partial charge in [-0.05, 0) is 68.1 Å². The summed E-state index contributed by atoms with van der Waals surface area (Å²) in [6.45, 7) is 7.48. The first-order chi connectivity index (χ1) is 14.5. The fraction of sp³-hybridized carbons (Fsp3) is 0.565. The second kappa shape index (κ2) is 7.85. The lowest BCUT2D eigenvalue weighted by molar-refractivity contribution is -0.129. The Balaban J connectivity index is 1.41. The lowest BCUT2D eigenvalue weighted by Gasteiger charge is -2.47. The first kappa shape index (κ1) is 19.3. The molecule has 1 N–H and O–H groups in total. The zero-order valence-corrected chi connectivity index (χ0v) is 17.8. The first-order valence-electron chi connectivity index (χ1n) is 11.1. The molecule has 2 aromatic rings. The second-order valence-corrected chi connectivity index (χ2v) is 9.20. The van der Waals surface area contributed by atoms with Crippen molar-refractivity contribution >= 4 is 23.4 Å². The van der Waals surface area contributed by atoms with E-state index >= 15 is 0 Å². The zero-order chi connectivity index (χ0) is 20.7. The van der Waals surface area contributed by atoms with Crippen LogP contribution in [0.3, 0.4) is 0 Å². The minimum atomic E-state index is 0.178. The van der Waals surface area contributed by atoms with Crippen LogP contribution in [0.2, 0.25) is 0 Å². The zero-order valence-electron chi connectivity index (χ0n) is 17.8. The molecule has 6 rings (SSSR count). The molecule has 158 valence electrons. The number of anilines is 3. The predicted molar refractivity (Wildman–Crippen MR) is 117 cm³/mol. The molecule has 3 aliphatic heterocycles. The van der Waals surface area contributed by atoms with Crippen molar-refractivity contribution in [2.45, 2.75) is 45.4 Å². The number of rotatable bonds is 4. The molecule has 1 amide bonds. The van der Waals surface area contributed by atoms with Crippen LogP contribution < -0.4 is 10.2 Å². The third kappa shape index (κ3) is 3.98. The van der Waals surface area contributed by atoms with E-state index in [0.717, 1.165) is 68.2 Å². The van der Waals surface area contributed by atoms with Gasteiger partial charge in [-0.15, -0.1) is 0 Å². The Morgan fingerprint density at radius 3 is 2.40 bits per heavy atom. The Morgan fingerprint density at radius 1 is 1.03 bits per heavy atom. The Morgan fingerprint density at radius 2 is 1.77 bits per heavy atom. The minimum absolute atomic E-state index is 0.178. The number of likely N-dealkylation sites (tertiary alicyclic amines) is 1. The standard InChI is InChI=1S/C23H30N6O/c1-15-11-25-22(12-24-15)26-21-9-20(19-3-5-28(6-4-19)16(2)30)10-23(27-21)29-13-17-7-18(8-17)14-29/h9-12,17-19H,3-8,13-14H2,1-2H3,(H,25,26,27). The van der Waals surface area contributed by atoms with E-state index in [2.05, 4.69) is 32.3 Å². The van der Waals surface area contributed by atoms with Crippen LogP contribution in [0.4, 0.5) is 17.5 Å². The van der Waals surface area contributed by atoms with Crippen LogP contribution in [-0.2, 0) is 4.79 Å². The van der Waals surface area contributed by atoms with E-state index in [0.29, 0.717) is 11.7 Å². The highest BCUT2D eigenvalue weighted by molar-refractivity contribution is 5.73. The van der Waals surface area contributed by atoms with Gasteiger partial charge in [0.2, 0.25) is 5.91 Å². The van der Waals surface area contributed by atoms with Crippen molar-refractivity contribution < 1.29 is 4.79 Å². The second-order valence-electron chi connectivity index (χ2n) is 9.20. The molecule has 1 aliphatic carbocycles. The molecule has 0 radical (unpaired) electrons. The van der Waals surface area contributed by atoms with Crippen molar-refractivity contribution in [2.75, 3.05) is 36.4 Å². The molecule has 4 aliphatic rings. The van der Waals surface area contributed by atoms with Crippen molar-refractivity contribution in [1.29, 1.82) is 0 Å². The fourth-order valence-corrected chi connectivity index (χ4v) is 5.17. The third-order valence-electron chi connectivity index (χ3n) is 6.90. The molecule has 0 unspecified atom stereocenters. The molecule has 4 fully saturated rings. The summed E-state index contributed by atoms with van der Waals surface area (Å²) < 4.78 is 0. The molecule has 2 bridgehead atoms. The van der Waals surface area contributed by atoms with Crippen molar-refractivity contribution in [3.05, 3.63) is 35.8 Å². The number of pyridine rings is 1. The molecule has 3 saturated heterocycles. The lowest BCUT2D eigenvalue weighted by atomic mass is 9.71. The van der Waals surface area contributed by atoms with Gasteiger partial charge in [0.25, 0.3) is 0 Å². The third-order valence-corrected chi connectivity index (χ3v) is 6.90. The molecule has 5 heterocycles. The van der Waals surface area contributed by atoms with Gasteiger partial charge >= 0.3 is 0 Å². The van der Waals surface area contributed by atoms with Gasteiger partial charge in [0.15, 0.2) is 0 Å². The van der Waals surface area contributed by atoms with Crippen LogP contribution in [0.5, 0.6) is 0 Å². The summed E-state index contributed by atoms with van der Waals surface area (Å²) in [6, 6.07) is 4.44. The molecule has 30 heavy (non-hydrogen) atoms. The number of piperidine rings is 3. The van der Waals surface area contributed by atoms with Crippen LogP contribution in [0, 0.1) is 18.8 Å². The average molecular weight is 407 g/mol. The topological polar surface area (TPSA) is 74.2 Å². The molecule has 0 spiro atoms. The van der Waals surface area contributed by atoms with Crippen LogP contribution in [0.25, 0.3) is 0 Å². The maximum atomic E-state index is 11.7. The lowest BCUT2D eigenvalue weighted by Crippen LogP contribution is -2.49. The largest absolute Gasteiger partial charge is 0.356 e. The Hall–Kier alpha value is -2.70. The van der Waals surface area contributed by atoms with Gasteiger partial charge in [0.1, 0.15) is 17.5 Å². The molecule has 0 atom stereocenters. The van der Waals surface area contributed by atoms with Crippen LogP contribution in [0.1, 0.15) is 49.8 Å². The van der Waals surface area contributed by atoms with Crippen molar-refractivity contribution in [2.24, 2.45) is 11.8 Å². The van der Waals surface area contributed by atoms with E-state index in [1.165, 1.54) is 18.4 Å². The number of carbonyl (C=O) groups excluding carboxylic acids is 1. The summed E-state index contributed by atoms with van der Waals surface area (Å²) >= 11 is 0. The number of hydrogen-bond acceptors (Lipinski definition) is 6. The van der Waals surface area contributed by atoms with E-state index < -0.39 is 0 Å². The summed E-state index contributed by atoms with van der Waals surface area (Å²) in [6.07, 6.45) is 8.27. The number of nitrogens with one attached hydrogen (secondary N) is 1. The maximum absolute atomic E-state index is 11.7. The Kier molecular flexibility index (Phi) is 5.05. The summed E-state index contributed by atoms with van der Waals surface area (Å²) in [5.74, 6) is 4.89. The molecule has 7 heteroatoms. The van der Waals surface area contributed by atoms with Gasteiger partial charge in [-0.25, -0.2) is 9.97 Å². The predicted octanol–water partition coefficient (Wildman–Crippen LogP) is 3.50. The average Bonchev–Trinajstić information content (AvgIpc) is 2.75. The Bertz CT molecular complexity index is 906. The number of aryl methyl sites for hydroxylation is 1. The molecule has 2 aromatic heterocycles. The first-order valence-corrected chi connectivity index (χ1v) is 11.1. The summed E-state index contributed by atoms with van der Waals surface area (Å²) in [7, 11) is 0. The van der Waals surface area contributed by atoms with Crippen molar-refractivity contribution in [1.82, 2.24) is 19.9 Å². The highest BCUT2D eigenvalue weighted by Gasteiger charge is 2.37. The molecule has 7 nitrogen and oxygen atoms in total. The van der Waals surface area contributed by atoms with Gasteiger partial charge in [0, 0.05) is 33.1 Å². The maximum Gasteiger partial charge on any atom is 0.219 e. The monoisotopic (exact) mass is 406 g/mol. The van der Waals surface area contributed by atoms with Gasteiger partial charge in [-0.2, -0.15) is 0 Å². The van der Waals surface area contributed by atoms with E-state index in [9.17, 15) is 4.79 Å². The Labute approximate surface area is 177 Å². The van der Waals surface area contributed by atoms with Crippen molar-refractivity contribution in [3.8, 4) is 0 Å². The van der Waals surface area contributed by atoms with E-state index in [1.807, 2.05) is 11.8 Å². The number of fused-ring (bicyclic) bond motifs is 2. The summed E-state index contributed by atoms with van der Waals surface area (Å²) in [4.78, 5) is 29.8.